The number of hydrogen-bond donors (Lipinski definition) is 6. The van der Waals surface area contributed by atoms with Gasteiger partial charge in [0.25, 0.3) is 16.0 Å². The zero-order valence-corrected chi connectivity index (χ0v) is 13.9. The van der Waals surface area contributed by atoms with Crippen LogP contribution in [-0.2, 0) is 10.1 Å². The number of anilines is 1. The Hall–Kier alpha value is -3.64. The Morgan fingerprint density at radius 1 is 0.815 bits per heavy atom. The number of aromatic hydroxyl groups is 2. The second-order valence-electron chi connectivity index (χ2n) is 5.14. The molecule has 27 heavy (non-hydrogen) atoms. The number of carboxylic acid groups (broad SMARTS) is 2. The third-order valence-electron chi connectivity index (χ3n) is 3.34. The molecule has 0 aliphatic heterocycles. The Kier molecular flexibility index (Phi) is 5.05. The molecule has 12 heteroatoms. The number of phenols is 2. The van der Waals surface area contributed by atoms with E-state index in [4.69, 9.17) is 14.8 Å². The molecule has 2 rings (SSSR count). The summed E-state index contributed by atoms with van der Waals surface area (Å²) in [6.07, 6.45) is 0. The van der Waals surface area contributed by atoms with Crippen LogP contribution in [0.25, 0.3) is 0 Å². The molecule has 0 unspecified atom stereocenters. The van der Waals surface area contributed by atoms with Crippen molar-refractivity contribution in [3.05, 3.63) is 47.0 Å². The molecule has 0 heterocycles. The van der Waals surface area contributed by atoms with Crippen molar-refractivity contribution in [2.45, 2.75) is 4.90 Å². The van der Waals surface area contributed by atoms with Gasteiger partial charge in [-0.1, -0.05) is 0 Å². The van der Waals surface area contributed by atoms with E-state index in [-0.39, 0.29) is 5.69 Å². The fourth-order valence-electron chi connectivity index (χ4n) is 2.13. The molecule has 0 saturated carbocycles. The fraction of sp³-hybridized carbons (Fsp3) is 0. The highest BCUT2D eigenvalue weighted by Crippen LogP contribution is 2.31. The molecule has 0 atom stereocenters. The lowest BCUT2D eigenvalue weighted by atomic mass is 10.1. The van der Waals surface area contributed by atoms with Gasteiger partial charge in [0.05, 0.1) is 16.7 Å². The predicted molar refractivity (Wildman–Crippen MR) is 87.9 cm³/mol. The SMILES string of the molecule is O=C(Nc1ccc(C(=O)O)c(C(=O)O)c1)c1cc(O)c(S(=O)(=O)O)cc1O. The molecule has 2 aromatic rings. The maximum atomic E-state index is 12.2. The fourth-order valence-corrected chi connectivity index (χ4v) is 2.71. The Bertz CT molecular complexity index is 1070. The molecule has 1 amide bonds. The van der Waals surface area contributed by atoms with E-state index in [9.17, 15) is 33.0 Å². The number of aromatic carboxylic acids is 2. The van der Waals surface area contributed by atoms with E-state index < -0.39 is 61.0 Å². The van der Waals surface area contributed by atoms with Gasteiger partial charge >= 0.3 is 11.9 Å². The Labute approximate surface area is 150 Å². The molecular weight excluding hydrogens is 386 g/mol. The number of benzene rings is 2. The highest BCUT2D eigenvalue weighted by molar-refractivity contribution is 7.86. The minimum Gasteiger partial charge on any atom is -0.507 e. The highest BCUT2D eigenvalue weighted by Gasteiger charge is 2.22. The van der Waals surface area contributed by atoms with Crippen molar-refractivity contribution in [2.75, 3.05) is 5.32 Å². The van der Waals surface area contributed by atoms with Crippen LogP contribution < -0.4 is 5.32 Å². The first-order valence-electron chi connectivity index (χ1n) is 6.87. The van der Waals surface area contributed by atoms with Crippen LogP contribution >= 0.6 is 0 Å². The lowest BCUT2D eigenvalue weighted by molar-refractivity contribution is 0.0651. The van der Waals surface area contributed by atoms with Gasteiger partial charge in [-0.3, -0.25) is 9.35 Å². The largest absolute Gasteiger partial charge is 0.507 e. The molecular formula is C15H11NO10S. The van der Waals surface area contributed by atoms with Crippen LogP contribution in [-0.4, -0.2) is 51.2 Å². The number of nitrogens with one attached hydrogen (secondary N) is 1. The zero-order chi connectivity index (χ0) is 20.5. The molecule has 0 radical (unpaired) electrons. The van der Waals surface area contributed by atoms with Gasteiger partial charge in [-0.25, -0.2) is 9.59 Å². The van der Waals surface area contributed by atoms with Gasteiger partial charge in [0.1, 0.15) is 16.4 Å². The molecule has 0 aromatic heterocycles. The highest BCUT2D eigenvalue weighted by atomic mass is 32.2. The lowest BCUT2D eigenvalue weighted by Crippen LogP contribution is -2.14. The van der Waals surface area contributed by atoms with Crippen LogP contribution in [0.15, 0.2) is 35.2 Å². The monoisotopic (exact) mass is 397 g/mol. The van der Waals surface area contributed by atoms with E-state index in [0.29, 0.717) is 12.1 Å². The van der Waals surface area contributed by atoms with Crippen LogP contribution in [0.5, 0.6) is 11.5 Å². The maximum Gasteiger partial charge on any atom is 0.336 e. The summed E-state index contributed by atoms with van der Waals surface area (Å²) in [5, 5.41) is 39.5. The van der Waals surface area contributed by atoms with Crippen molar-refractivity contribution in [1.29, 1.82) is 0 Å². The molecule has 6 N–H and O–H groups in total. The third kappa shape index (κ3) is 4.13. The third-order valence-corrected chi connectivity index (χ3v) is 4.22. The van der Waals surface area contributed by atoms with Gasteiger partial charge in [-0.2, -0.15) is 8.42 Å². The first-order chi connectivity index (χ1) is 12.4. The average molecular weight is 397 g/mol. The van der Waals surface area contributed by atoms with Crippen LogP contribution in [0.2, 0.25) is 0 Å². The quantitative estimate of drug-likeness (QED) is 0.312. The molecule has 2 aromatic carbocycles. The van der Waals surface area contributed by atoms with Crippen molar-refractivity contribution >= 4 is 33.7 Å². The summed E-state index contributed by atoms with van der Waals surface area (Å²) >= 11 is 0. The molecule has 0 spiro atoms. The second-order valence-corrected chi connectivity index (χ2v) is 6.53. The summed E-state index contributed by atoms with van der Waals surface area (Å²) in [6, 6.07) is 3.94. The molecule has 142 valence electrons. The minimum absolute atomic E-state index is 0.139. The standard InChI is InChI=1S/C15H11NO10S/c17-10-5-12(27(24,25)26)11(18)4-9(10)13(19)16-6-1-2-7(14(20)21)8(3-6)15(22)23/h1-5,17-18H,(H,16,19)(H,20,21)(H,22,23)(H,24,25,26). The van der Waals surface area contributed by atoms with Gasteiger partial charge < -0.3 is 25.7 Å². The van der Waals surface area contributed by atoms with Gasteiger partial charge in [-0.15, -0.1) is 0 Å². The number of carboxylic acids is 2. The zero-order valence-electron chi connectivity index (χ0n) is 13.1. The number of carbonyl (C=O) groups excluding carboxylic acids is 1. The summed E-state index contributed by atoms with van der Waals surface area (Å²) < 4.78 is 31.0. The van der Waals surface area contributed by atoms with E-state index in [1.165, 1.54) is 0 Å². The molecule has 0 aliphatic carbocycles. The van der Waals surface area contributed by atoms with Crippen LogP contribution in [0.3, 0.4) is 0 Å². The number of rotatable bonds is 5. The Balaban J connectivity index is 2.41. The van der Waals surface area contributed by atoms with Crippen molar-refractivity contribution < 1.29 is 47.8 Å². The van der Waals surface area contributed by atoms with Crippen molar-refractivity contribution in [1.82, 2.24) is 0 Å². The summed E-state index contributed by atoms with van der Waals surface area (Å²) in [4.78, 5) is 33.3. The molecule has 0 saturated heterocycles. The van der Waals surface area contributed by atoms with E-state index in [2.05, 4.69) is 5.32 Å². The van der Waals surface area contributed by atoms with E-state index in [1.54, 1.807) is 0 Å². The lowest BCUT2D eigenvalue weighted by Gasteiger charge is -2.10. The maximum absolute atomic E-state index is 12.2. The van der Waals surface area contributed by atoms with E-state index in [1.807, 2.05) is 0 Å². The van der Waals surface area contributed by atoms with Gasteiger partial charge in [0.15, 0.2) is 0 Å². The smallest absolute Gasteiger partial charge is 0.336 e. The minimum atomic E-state index is -4.85. The molecule has 0 bridgehead atoms. The van der Waals surface area contributed by atoms with Gasteiger partial charge in [-0.05, 0) is 24.3 Å². The summed E-state index contributed by atoms with van der Waals surface area (Å²) in [7, 11) is -4.85. The first-order valence-corrected chi connectivity index (χ1v) is 8.31. The van der Waals surface area contributed by atoms with Crippen LogP contribution in [0.4, 0.5) is 5.69 Å². The molecule has 11 nitrogen and oxygen atoms in total. The number of amides is 1. The van der Waals surface area contributed by atoms with Crippen LogP contribution in [0.1, 0.15) is 31.1 Å². The average Bonchev–Trinajstić information content (AvgIpc) is 2.55. The number of hydrogen-bond acceptors (Lipinski definition) is 7. The normalized spacial score (nSPS) is 11.0. The Morgan fingerprint density at radius 3 is 1.93 bits per heavy atom. The van der Waals surface area contributed by atoms with Crippen molar-refractivity contribution in [3.8, 4) is 11.5 Å². The van der Waals surface area contributed by atoms with E-state index in [0.717, 1.165) is 18.2 Å². The Morgan fingerprint density at radius 2 is 1.41 bits per heavy atom. The van der Waals surface area contributed by atoms with Crippen molar-refractivity contribution in [2.24, 2.45) is 0 Å². The topological polar surface area (TPSA) is 199 Å². The summed E-state index contributed by atoms with van der Waals surface area (Å²) in [5.41, 5.74) is -1.84. The van der Waals surface area contributed by atoms with E-state index >= 15 is 0 Å². The molecule has 0 aliphatic rings. The van der Waals surface area contributed by atoms with Gasteiger partial charge in [0, 0.05) is 11.8 Å². The van der Waals surface area contributed by atoms with Crippen LogP contribution in [0, 0.1) is 0 Å². The predicted octanol–water partition coefficient (Wildman–Crippen LogP) is 0.993. The summed E-state index contributed by atoms with van der Waals surface area (Å²) in [6.45, 7) is 0. The summed E-state index contributed by atoms with van der Waals surface area (Å²) in [5.74, 6) is -6.01. The number of phenolic OH excluding ortho intramolecular Hbond substituents is 2. The molecule has 0 fully saturated rings. The first kappa shape index (κ1) is 19.7. The van der Waals surface area contributed by atoms with Crippen molar-refractivity contribution in [3.63, 3.8) is 0 Å². The number of carbonyl (C=O) groups is 3. The second kappa shape index (κ2) is 6.93. The van der Waals surface area contributed by atoms with Gasteiger partial charge in [0.2, 0.25) is 0 Å².